The Morgan fingerprint density at radius 3 is 2.80 bits per heavy atom. The number of hydrogen-bond acceptors (Lipinski definition) is 5. The van der Waals surface area contributed by atoms with E-state index in [9.17, 15) is 0 Å². The lowest BCUT2D eigenvalue weighted by atomic mass is 10.3. The van der Waals surface area contributed by atoms with Gasteiger partial charge in [0.05, 0.1) is 16.9 Å². The van der Waals surface area contributed by atoms with Crippen LogP contribution >= 0.6 is 11.3 Å². The average Bonchev–Trinajstić information content (AvgIpc) is 2.93. The minimum Gasteiger partial charge on any atom is -0.384 e. The fourth-order valence-electron chi connectivity index (χ4n) is 1.48. The molecule has 2 aromatic heterocycles. The first-order valence-electron chi connectivity index (χ1n) is 4.86. The Kier molecular flexibility index (Phi) is 1.92. The molecule has 5 heteroatoms. The Hall–Kier alpha value is -1.49. The van der Waals surface area contributed by atoms with Gasteiger partial charge < -0.3 is 5.73 Å². The van der Waals surface area contributed by atoms with E-state index >= 15 is 0 Å². The zero-order valence-corrected chi connectivity index (χ0v) is 8.87. The number of anilines is 1. The first-order chi connectivity index (χ1) is 7.33. The summed E-state index contributed by atoms with van der Waals surface area (Å²) in [5, 5.41) is 1.97. The van der Waals surface area contributed by atoms with Crippen molar-refractivity contribution >= 4 is 17.2 Å². The molecule has 0 aliphatic heterocycles. The molecule has 2 heterocycles. The van der Waals surface area contributed by atoms with Crippen LogP contribution in [0.25, 0.3) is 11.4 Å². The van der Waals surface area contributed by atoms with Crippen molar-refractivity contribution in [3.8, 4) is 11.4 Å². The van der Waals surface area contributed by atoms with Gasteiger partial charge >= 0.3 is 0 Å². The number of nitrogens with two attached hydrogens (primary N) is 1. The minimum atomic E-state index is 0.519. The summed E-state index contributed by atoms with van der Waals surface area (Å²) in [5.74, 6) is 1.93. The SMILES string of the molecule is Nc1cc(-c2cscn2)nc(C2CC2)n1. The van der Waals surface area contributed by atoms with Gasteiger partial charge in [0, 0.05) is 17.4 Å². The molecule has 0 bridgehead atoms. The Labute approximate surface area is 91.2 Å². The van der Waals surface area contributed by atoms with Gasteiger partial charge in [-0.3, -0.25) is 0 Å². The number of rotatable bonds is 2. The molecule has 1 fully saturated rings. The molecule has 0 amide bonds. The van der Waals surface area contributed by atoms with E-state index < -0.39 is 0 Å². The summed E-state index contributed by atoms with van der Waals surface area (Å²) in [7, 11) is 0. The molecule has 2 N–H and O–H groups in total. The molecular weight excluding hydrogens is 208 g/mol. The molecule has 4 nitrogen and oxygen atoms in total. The molecule has 0 radical (unpaired) electrons. The first-order valence-corrected chi connectivity index (χ1v) is 5.80. The fourth-order valence-corrected chi connectivity index (χ4v) is 2.03. The van der Waals surface area contributed by atoms with Crippen LogP contribution in [0.15, 0.2) is 17.0 Å². The number of nitrogens with zero attached hydrogens (tertiary/aromatic N) is 3. The Morgan fingerprint density at radius 1 is 1.27 bits per heavy atom. The summed E-state index contributed by atoms with van der Waals surface area (Å²) in [4.78, 5) is 13.0. The van der Waals surface area contributed by atoms with E-state index in [0.29, 0.717) is 11.7 Å². The quantitative estimate of drug-likeness (QED) is 0.838. The van der Waals surface area contributed by atoms with Gasteiger partial charge in [-0.1, -0.05) is 0 Å². The highest BCUT2D eigenvalue weighted by molar-refractivity contribution is 7.07. The Morgan fingerprint density at radius 2 is 2.13 bits per heavy atom. The van der Waals surface area contributed by atoms with Gasteiger partial charge in [-0.15, -0.1) is 11.3 Å². The van der Waals surface area contributed by atoms with Crippen LogP contribution in [0, 0.1) is 0 Å². The lowest BCUT2D eigenvalue weighted by Crippen LogP contribution is -2.00. The molecular formula is C10H10N4S. The zero-order valence-electron chi connectivity index (χ0n) is 8.05. The summed E-state index contributed by atoms with van der Waals surface area (Å²) in [6.45, 7) is 0. The summed E-state index contributed by atoms with van der Waals surface area (Å²) in [6.07, 6.45) is 2.36. The second kappa shape index (κ2) is 3.27. The highest BCUT2D eigenvalue weighted by Gasteiger charge is 2.27. The predicted octanol–water partition coefficient (Wildman–Crippen LogP) is 2.06. The molecule has 0 spiro atoms. The van der Waals surface area contributed by atoms with Crippen LogP contribution in [0.5, 0.6) is 0 Å². The van der Waals surface area contributed by atoms with Gasteiger partial charge in [0.15, 0.2) is 0 Å². The molecule has 2 aromatic rings. The highest BCUT2D eigenvalue weighted by atomic mass is 32.1. The molecule has 1 aliphatic rings. The normalized spacial score (nSPS) is 15.5. The predicted molar refractivity (Wildman–Crippen MR) is 59.5 cm³/mol. The lowest BCUT2D eigenvalue weighted by Gasteiger charge is -2.02. The Balaban J connectivity index is 2.07. The molecule has 3 rings (SSSR count). The second-order valence-corrected chi connectivity index (χ2v) is 4.40. The highest BCUT2D eigenvalue weighted by Crippen LogP contribution is 2.38. The zero-order chi connectivity index (χ0) is 10.3. The van der Waals surface area contributed by atoms with E-state index in [0.717, 1.165) is 17.2 Å². The Bertz CT molecular complexity index is 476. The summed E-state index contributed by atoms with van der Waals surface area (Å²) in [5.41, 5.74) is 9.28. The minimum absolute atomic E-state index is 0.519. The van der Waals surface area contributed by atoms with Crippen LogP contribution in [-0.4, -0.2) is 15.0 Å². The topological polar surface area (TPSA) is 64.7 Å². The molecule has 0 unspecified atom stereocenters. The van der Waals surface area contributed by atoms with E-state index in [1.165, 1.54) is 12.8 Å². The fraction of sp³-hybridized carbons (Fsp3) is 0.300. The average molecular weight is 218 g/mol. The van der Waals surface area contributed by atoms with Crippen molar-refractivity contribution in [1.82, 2.24) is 15.0 Å². The van der Waals surface area contributed by atoms with E-state index in [2.05, 4.69) is 15.0 Å². The summed E-state index contributed by atoms with van der Waals surface area (Å²) < 4.78 is 0. The van der Waals surface area contributed by atoms with Crippen molar-refractivity contribution in [2.45, 2.75) is 18.8 Å². The van der Waals surface area contributed by atoms with Gasteiger partial charge in [-0.2, -0.15) is 0 Å². The smallest absolute Gasteiger partial charge is 0.134 e. The van der Waals surface area contributed by atoms with Crippen molar-refractivity contribution < 1.29 is 0 Å². The van der Waals surface area contributed by atoms with Crippen molar-refractivity contribution in [2.75, 3.05) is 5.73 Å². The molecule has 0 saturated heterocycles. The third kappa shape index (κ3) is 1.70. The maximum atomic E-state index is 5.76. The van der Waals surface area contributed by atoms with Crippen LogP contribution in [0.1, 0.15) is 24.6 Å². The summed E-state index contributed by atoms with van der Waals surface area (Å²) >= 11 is 1.56. The van der Waals surface area contributed by atoms with Gasteiger partial charge in [0.25, 0.3) is 0 Å². The second-order valence-electron chi connectivity index (χ2n) is 3.68. The van der Waals surface area contributed by atoms with Gasteiger partial charge in [0.1, 0.15) is 11.6 Å². The van der Waals surface area contributed by atoms with Crippen molar-refractivity contribution in [2.24, 2.45) is 0 Å². The lowest BCUT2D eigenvalue weighted by molar-refractivity contribution is 0.934. The molecule has 0 atom stereocenters. The van der Waals surface area contributed by atoms with Gasteiger partial charge in [0.2, 0.25) is 0 Å². The van der Waals surface area contributed by atoms with Crippen LogP contribution < -0.4 is 5.73 Å². The number of nitrogen functional groups attached to an aromatic ring is 1. The van der Waals surface area contributed by atoms with Crippen molar-refractivity contribution in [1.29, 1.82) is 0 Å². The molecule has 76 valence electrons. The van der Waals surface area contributed by atoms with E-state index in [-0.39, 0.29) is 0 Å². The first kappa shape index (κ1) is 8.79. The molecule has 15 heavy (non-hydrogen) atoms. The van der Waals surface area contributed by atoms with Gasteiger partial charge in [-0.25, -0.2) is 15.0 Å². The van der Waals surface area contributed by atoms with E-state index in [4.69, 9.17) is 5.73 Å². The van der Waals surface area contributed by atoms with Crippen LogP contribution in [0.2, 0.25) is 0 Å². The molecule has 1 saturated carbocycles. The maximum Gasteiger partial charge on any atom is 0.134 e. The largest absolute Gasteiger partial charge is 0.384 e. The molecule has 1 aliphatic carbocycles. The van der Waals surface area contributed by atoms with E-state index in [1.54, 1.807) is 22.9 Å². The number of aromatic nitrogens is 3. The van der Waals surface area contributed by atoms with Crippen molar-refractivity contribution in [3.05, 3.63) is 22.8 Å². The van der Waals surface area contributed by atoms with Crippen LogP contribution in [0.4, 0.5) is 5.82 Å². The van der Waals surface area contributed by atoms with Gasteiger partial charge in [-0.05, 0) is 12.8 Å². The monoisotopic (exact) mass is 218 g/mol. The third-order valence-electron chi connectivity index (χ3n) is 2.40. The third-order valence-corrected chi connectivity index (χ3v) is 2.99. The van der Waals surface area contributed by atoms with E-state index in [1.807, 2.05) is 5.38 Å². The van der Waals surface area contributed by atoms with Crippen molar-refractivity contribution in [3.63, 3.8) is 0 Å². The van der Waals surface area contributed by atoms with Crippen LogP contribution in [-0.2, 0) is 0 Å². The standard InChI is InChI=1S/C10H10N4S/c11-9-3-7(8-4-15-5-12-8)13-10(14-9)6-1-2-6/h3-6H,1-2H2,(H2,11,13,14). The molecule has 0 aromatic carbocycles. The van der Waals surface area contributed by atoms with Crippen LogP contribution in [0.3, 0.4) is 0 Å². The maximum absolute atomic E-state index is 5.76. The summed E-state index contributed by atoms with van der Waals surface area (Å²) in [6, 6.07) is 1.78. The number of thiazole rings is 1. The number of hydrogen-bond donors (Lipinski definition) is 1.